The number of carbonyl (C=O) groups is 1. The summed E-state index contributed by atoms with van der Waals surface area (Å²) in [5.74, 6) is 0.856. The van der Waals surface area contributed by atoms with E-state index in [0.717, 1.165) is 24.3 Å². The number of esters is 1. The molecule has 0 aliphatic carbocycles. The number of carbonyl (C=O) groups excluding carboxylic acids is 1. The number of rotatable bonds is 5. The molecule has 0 radical (unpaired) electrons. The van der Waals surface area contributed by atoms with Crippen LogP contribution in [0.25, 0.3) is 0 Å². The van der Waals surface area contributed by atoms with E-state index < -0.39 is 0 Å². The van der Waals surface area contributed by atoms with Gasteiger partial charge in [0.1, 0.15) is 11.9 Å². The van der Waals surface area contributed by atoms with Crippen LogP contribution in [0.2, 0.25) is 0 Å². The maximum atomic E-state index is 12.3. The van der Waals surface area contributed by atoms with Gasteiger partial charge in [-0.2, -0.15) is 0 Å². The van der Waals surface area contributed by atoms with Gasteiger partial charge in [-0.05, 0) is 36.2 Å². The van der Waals surface area contributed by atoms with E-state index in [9.17, 15) is 4.79 Å². The number of hydrogen-bond donors (Lipinski definition) is 1. The van der Waals surface area contributed by atoms with Gasteiger partial charge in [-0.15, -0.1) is 12.4 Å². The van der Waals surface area contributed by atoms with Crippen LogP contribution in [-0.2, 0) is 16.0 Å². The molecule has 0 saturated carbocycles. The molecule has 4 nitrogen and oxygen atoms in total. The maximum Gasteiger partial charge on any atom is 0.310 e. The van der Waals surface area contributed by atoms with Crippen molar-refractivity contribution in [3.05, 3.63) is 65.7 Å². The van der Waals surface area contributed by atoms with Gasteiger partial charge in [0, 0.05) is 12.5 Å². The molecular formula is C20H24ClNO3. The first-order valence-corrected chi connectivity index (χ1v) is 8.34. The molecule has 0 spiro atoms. The van der Waals surface area contributed by atoms with Crippen molar-refractivity contribution in [1.82, 2.24) is 5.32 Å². The number of ether oxygens (including phenoxy) is 2. The van der Waals surface area contributed by atoms with E-state index in [1.807, 2.05) is 42.5 Å². The van der Waals surface area contributed by atoms with Crippen LogP contribution in [0.1, 0.15) is 23.5 Å². The Kier molecular flexibility index (Phi) is 7.29. The lowest BCUT2D eigenvalue weighted by Gasteiger charge is -2.32. The van der Waals surface area contributed by atoms with Crippen LogP contribution in [0.15, 0.2) is 54.6 Å². The molecule has 0 bridgehead atoms. The Morgan fingerprint density at radius 2 is 1.84 bits per heavy atom. The van der Waals surface area contributed by atoms with E-state index in [1.165, 1.54) is 5.56 Å². The Hall–Kier alpha value is -2.04. The van der Waals surface area contributed by atoms with Gasteiger partial charge in [0.25, 0.3) is 0 Å². The molecule has 2 aromatic rings. The fourth-order valence-electron chi connectivity index (χ4n) is 3.16. The van der Waals surface area contributed by atoms with Gasteiger partial charge < -0.3 is 14.8 Å². The molecule has 1 aliphatic heterocycles. The van der Waals surface area contributed by atoms with Gasteiger partial charge in [0.2, 0.25) is 0 Å². The Balaban J connectivity index is 0.00000225. The lowest BCUT2D eigenvalue weighted by molar-refractivity contribution is -0.150. The van der Waals surface area contributed by atoms with Crippen molar-refractivity contribution in [2.24, 2.45) is 0 Å². The topological polar surface area (TPSA) is 47.6 Å². The quantitative estimate of drug-likeness (QED) is 0.830. The fourth-order valence-corrected chi connectivity index (χ4v) is 3.16. The molecule has 134 valence electrons. The van der Waals surface area contributed by atoms with Crippen LogP contribution in [0.5, 0.6) is 5.75 Å². The zero-order valence-corrected chi connectivity index (χ0v) is 15.1. The molecule has 0 aromatic heterocycles. The van der Waals surface area contributed by atoms with Crippen LogP contribution in [0, 0.1) is 0 Å². The molecule has 1 aliphatic rings. The minimum absolute atomic E-state index is 0. The van der Waals surface area contributed by atoms with Crippen molar-refractivity contribution in [2.45, 2.75) is 24.9 Å². The fraction of sp³-hybridized carbons (Fsp3) is 0.350. The van der Waals surface area contributed by atoms with E-state index in [1.54, 1.807) is 7.11 Å². The van der Waals surface area contributed by atoms with Gasteiger partial charge in [0.15, 0.2) is 0 Å². The van der Waals surface area contributed by atoms with Gasteiger partial charge in [0.05, 0.1) is 13.5 Å². The monoisotopic (exact) mass is 361 g/mol. The van der Waals surface area contributed by atoms with Crippen molar-refractivity contribution in [2.75, 3.05) is 20.2 Å². The van der Waals surface area contributed by atoms with Crippen LogP contribution < -0.4 is 10.1 Å². The number of nitrogens with one attached hydrogen (secondary N) is 1. The van der Waals surface area contributed by atoms with Gasteiger partial charge >= 0.3 is 5.97 Å². The average molecular weight is 362 g/mol. The zero-order valence-electron chi connectivity index (χ0n) is 14.3. The molecule has 2 aromatic carbocycles. The molecule has 25 heavy (non-hydrogen) atoms. The molecule has 1 N–H and O–H groups in total. The van der Waals surface area contributed by atoms with Gasteiger partial charge in [-0.3, -0.25) is 4.79 Å². The summed E-state index contributed by atoms with van der Waals surface area (Å²) in [6.45, 7) is 1.65. The Labute approximate surface area is 154 Å². The molecular weight excluding hydrogens is 338 g/mol. The second-order valence-electron chi connectivity index (χ2n) is 6.06. The molecule has 1 unspecified atom stereocenters. The lowest BCUT2D eigenvalue weighted by atomic mass is 9.88. The zero-order chi connectivity index (χ0) is 16.8. The standard InChI is InChI=1S/C20H23NO3.ClH/c1-23-17-9-7-15(8-10-17)13-20(22)24-19-14-21-12-11-18(19)16-5-3-2-4-6-16;/h2-10,18-19,21H,11-14H2,1H3;1H/t18-,19?;/m1./s1. The summed E-state index contributed by atoms with van der Waals surface area (Å²) < 4.78 is 10.9. The molecule has 0 amide bonds. The summed E-state index contributed by atoms with van der Waals surface area (Å²) in [6, 6.07) is 17.8. The minimum atomic E-state index is -0.185. The first-order valence-electron chi connectivity index (χ1n) is 8.34. The summed E-state index contributed by atoms with van der Waals surface area (Å²) in [4.78, 5) is 12.3. The van der Waals surface area contributed by atoms with E-state index in [4.69, 9.17) is 9.47 Å². The first-order chi connectivity index (χ1) is 11.8. The van der Waals surface area contributed by atoms with Crippen LogP contribution in [0.4, 0.5) is 0 Å². The highest BCUT2D eigenvalue weighted by Crippen LogP contribution is 2.27. The van der Waals surface area contributed by atoms with Crippen LogP contribution in [-0.4, -0.2) is 32.3 Å². The third-order valence-electron chi connectivity index (χ3n) is 4.44. The summed E-state index contributed by atoms with van der Waals surface area (Å²) in [5.41, 5.74) is 2.17. The SMILES string of the molecule is COc1ccc(CC(=O)OC2CNCC[C@@H]2c2ccccc2)cc1.Cl. The summed E-state index contributed by atoms with van der Waals surface area (Å²) in [5, 5.41) is 3.33. The number of halogens is 1. The predicted molar refractivity (Wildman–Crippen MR) is 100 cm³/mol. The van der Waals surface area contributed by atoms with Crippen molar-refractivity contribution >= 4 is 18.4 Å². The molecule has 3 rings (SSSR count). The highest BCUT2D eigenvalue weighted by atomic mass is 35.5. The number of piperidine rings is 1. The van der Waals surface area contributed by atoms with E-state index in [2.05, 4.69) is 17.4 Å². The Morgan fingerprint density at radius 1 is 1.12 bits per heavy atom. The molecule has 2 atom stereocenters. The third-order valence-corrected chi connectivity index (χ3v) is 4.44. The summed E-state index contributed by atoms with van der Waals surface area (Å²) in [6.07, 6.45) is 1.14. The van der Waals surface area contributed by atoms with Crippen molar-refractivity contribution in [3.8, 4) is 5.75 Å². The lowest BCUT2D eigenvalue weighted by Crippen LogP contribution is -2.42. The maximum absolute atomic E-state index is 12.3. The Morgan fingerprint density at radius 3 is 2.52 bits per heavy atom. The molecule has 1 heterocycles. The van der Waals surface area contributed by atoms with E-state index in [0.29, 0.717) is 6.54 Å². The van der Waals surface area contributed by atoms with Gasteiger partial charge in [-0.1, -0.05) is 42.5 Å². The second-order valence-corrected chi connectivity index (χ2v) is 6.06. The average Bonchev–Trinajstić information content (AvgIpc) is 2.63. The normalized spacial score (nSPS) is 19.6. The summed E-state index contributed by atoms with van der Waals surface area (Å²) >= 11 is 0. The number of benzene rings is 2. The van der Waals surface area contributed by atoms with Gasteiger partial charge in [-0.25, -0.2) is 0 Å². The van der Waals surface area contributed by atoms with Crippen molar-refractivity contribution in [3.63, 3.8) is 0 Å². The highest BCUT2D eigenvalue weighted by molar-refractivity contribution is 5.85. The predicted octanol–water partition coefficient (Wildman–Crippen LogP) is 3.35. The van der Waals surface area contributed by atoms with E-state index in [-0.39, 0.29) is 36.8 Å². The van der Waals surface area contributed by atoms with Crippen LogP contribution >= 0.6 is 12.4 Å². The van der Waals surface area contributed by atoms with Crippen molar-refractivity contribution < 1.29 is 14.3 Å². The molecule has 1 saturated heterocycles. The minimum Gasteiger partial charge on any atom is -0.497 e. The van der Waals surface area contributed by atoms with E-state index >= 15 is 0 Å². The molecule has 5 heteroatoms. The molecule has 1 fully saturated rings. The largest absolute Gasteiger partial charge is 0.497 e. The Bertz CT molecular complexity index is 660. The summed E-state index contributed by atoms with van der Waals surface area (Å²) in [7, 11) is 1.63. The number of methoxy groups -OCH3 is 1. The van der Waals surface area contributed by atoms with Crippen molar-refractivity contribution in [1.29, 1.82) is 0 Å². The highest BCUT2D eigenvalue weighted by Gasteiger charge is 2.29. The van der Waals surface area contributed by atoms with Crippen LogP contribution in [0.3, 0.4) is 0 Å². The second kappa shape index (κ2) is 9.44. The number of hydrogen-bond acceptors (Lipinski definition) is 4. The first kappa shape index (κ1) is 19.3. The smallest absolute Gasteiger partial charge is 0.310 e. The third kappa shape index (κ3) is 5.21.